The van der Waals surface area contributed by atoms with Gasteiger partial charge in [0.05, 0.1) is 5.54 Å². The van der Waals surface area contributed by atoms with Crippen LogP contribution in [0.1, 0.15) is 20.8 Å². The van der Waals surface area contributed by atoms with E-state index in [4.69, 9.17) is 0 Å². The van der Waals surface area contributed by atoms with E-state index in [0.717, 1.165) is 0 Å². The van der Waals surface area contributed by atoms with Crippen LogP contribution < -0.4 is 5.56 Å². The molecule has 0 aliphatic rings. The van der Waals surface area contributed by atoms with Crippen LogP contribution in [0.15, 0.2) is 11.0 Å². The Morgan fingerprint density at radius 3 is 2.40 bits per heavy atom. The summed E-state index contributed by atoms with van der Waals surface area (Å²) < 4.78 is 1.48. The van der Waals surface area contributed by atoms with Crippen molar-refractivity contribution in [2.75, 3.05) is 0 Å². The molecule has 1 rings (SSSR count). The van der Waals surface area contributed by atoms with Gasteiger partial charge in [-0.2, -0.15) is 5.10 Å². The molecule has 1 N–H and O–H groups in total. The summed E-state index contributed by atoms with van der Waals surface area (Å²) >= 11 is 0. The Kier molecular flexibility index (Phi) is 1.39. The Bertz CT molecular complexity index is 265. The molecule has 0 amide bonds. The van der Waals surface area contributed by atoms with E-state index in [9.17, 15) is 4.79 Å². The van der Waals surface area contributed by atoms with E-state index in [1.165, 1.54) is 10.9 Å². The molecular formula is C6H11N3O. The Balaban J connectivity index is 3.18. The van der Waals surface area contributed by atoms with Crippen molar-refractivity contribution < 1.29 is 0 Å². The zero-order valence-corrected chi connectivity index (χ0v) is 6.38. The van der Waals surface area contributed by atoms with E-state index >= 15 is 0 Å². The molecule has 0 aliphatic heterocycles. The van der Waals surface area contributed by atoms with Crippen LogP contribution in [-0.2, 0) is 5.54 Å². The third-order valence-electron chi connectivity index (χ3n) is 1.22. The van der Waals surface area contributed by atoms with Gasteiger partial charge in [0.25, 0.3) is 5.56 Å². The molecule has 1 heterocycles. The third-order valence-corrected chi connectivity index (χ3v) is 1.22. The summed E-state index contributed by atoms with van der Waals surface area (Å²) in [5.74, 6) is 0. The molecule has 0 unspecified atom stereocenters. The minimum absolute atomic E-state index is 0.0903. The molecule has 4 nitrogen and oxygen atoms in total. The van der Waals surface area contributed by atoms with E-state index in [-0.39, 0.29) is 11.1 Å². The molecule has 0 bridgehead atoms. The van der Waals surface area contributed by atoms with Gasteiger partial charge < -0.3 is 0 Å². The molecule has 0 aliphatic carbocycles. The van der Waals surface area contributed by atoms with Crippen molar-refractivity contribution in [2.24, 2.45) is 0 Å². The molecule has 0 radical (unpaired) electrons. The van der Waals surface area contributed by atoms with Gasteiger partial charge in [-0.05, 0) is 20.8 Å². The van der Waals surface area contributed by atoms with Crippen LogP contribution in [0.2, 0.25) is 0 Å². The predicted octanol–water partition coefficient (Wildman–Crippen LogP) is 0.326. The quantitative estimate of drug-likeness (QED) is 0.566. The van der Waals surface area contributed by atoms with E-state index in [0.29, 0.717) is 0 Å². The average Bonchev–Trinajstić information content (AvgIpc) is 2.11. The van der Waals surface area contributed by atoms with E-state index in [1.54, 1.807) is 0 Å². The van der Waals surface area contributed by atoms with Gasteiger partial charge in [0.15, 0.2) is 0 Å². The maximum absolute atomic E-state index is 10.9. The number of hydrogen-bond donors (Lipinski definition) is 1. The molecule has 10 heavy (non-hydrogen) atoms. The molecule has 56 valence electrons. The molecule has 0 atom stereocenters. The van der Waals surface area contributed by atoms with Crippen LogP contribution in [0, 0.1) is 0 Å². The standard InChI is InChI=1S/C6H11N3O/c1-6(2,3)9-5(10)4-7-8-9/h4,8H,1-3H3. The van der Waals surface area contributed by atoms with E-state index in [2.05, 4.69) is 10.3 Å². The normalized spacial score (nSPS) is 11.9. The first-order valence-electron chi connectivity index (χ1n) is 3.15. The molecule has 0 spiro atoms. The maximum atomic E-state index is 10.9. The zero-order chi connectivity index (χ0) is 7.78. The van der Waals surface area contributed by atoms with Gasteiger partial charge in [-0.3, -0.25) is 4.79 Å². The summed E-state index contributed by atoms with van der Waals surface area (Å²) in [6.45, 7) is 5.81. The lowest BCUT2D eigenvalue weighted by Gasteiger charge is -2.17. The fourth-order valence-electron chi connectivity index (χ4n) is 0.729. The molecule has 4 heteroatoms. The van der Waals surface area contributed by atoms with Crippen molar-refractivity contribution in [3.63, 3.8) is 0 Å². The Labute approximate surface area is 58.8 Å². The van der Waals surface area contributed by atoms with Crippen molar-refractivity contribution >= 4 is 0 Å². The SMILES string of the molecule is CC(C)(C)n1[nH]ncc1=O. The van der Waals surface area contributed by atoms with Crippen molar-refractivity contribution in [3.8, 4) is 0 Å². The highest BCUT2D eigenvalue weighted by atomic mass is 16.1. The topological polar surface area (TPSA) is 50.7 Å². The Morgan fingerprint density at radius 1 is 1.60 bits per heavy atom. The molecule has 0 saturated carbocycles. The first-order chi connectivity index (χ1) is 4.52. The summed E-state index contributed by atoms with van der Waals surface area (Å²) in [5.41, 5.74) is -0.291. The Hall–Kier alpha value is -1.06. The fraction of sp³-hybridized carbons (Fsp3) is 0.667. The molecular weight excluding hydrogens is 130 g/mol. The van der Waals surface area contributed by atoms with Gasteiger partial charge in [0, 0.05) is 0 Å². The Morgan fingerprint density at radius 2 is 2.20 bits per heavy atom. The molecule has 1 aromatic heterocycles. The summed E-state index contributed by atoms with van der Waals surface area (Å²) in [6.07, 6.45) is 1.27. The fourth-order valence-corrected chi connectivity index (χ4v) is 0.729. The van der Waals surface area contributed by atoms with Gasteiger partial charge in [-0.15, -0.1) is 0 Å². The van der Waals surface area contributed by atoms with Crippen molar-refractivity contribution in [2.45, 2.75) is 26.3 Å². The number of aromatic nitrogens is 3. The summed E-state index contributed by atoms with van der Waals surface area (Å²) in [4.78, 5) is 10.9. The van der Waals surface area contributed by atoms with Crippen LogP contribution in [-0.4, -0.2) is 15.0 Å². The van der Waals surface area contributed by atoms with Gasteiger partial charge in [0.1, 0.15) is 6.20 Å². The van der Waals surface area contributed by atoms with E-state index < -0.39 is 0 Å². The number of nitrogens with zero attached hydrogens (tertiary/aromatic N) is 2. The largest absolute Gasteiger partial charge is 0.286 e. The number of hydrogen-bond acceptors (Lipinski definition) is 2. The van der Waals surface area contributed by atoms with E-state index in [1.807, 2.05) is 20.8 Å². The van der Waals surface area contributed by atoms with Crippen LogP contribution in [0.5, 0.6) is 0 Å². The average molecular weight is 141 g/mol. The second-order valence-electron chi connectivity index (χ2n) is 3.20. The van der Waals surface area contributed by atoms with Crippen molar-refractivity contribution in [1.29, 1.82) is 0 Å². The first kappa shape index (κ1) is 7.05. The maximum Gasteiger partial charge on any atom is 0.286 e. The van der Waals surface area contributed by atoms with Crippen LogP contribution in [0.4, 0.5) is 0 Å². The summed E-state index contributed by atoms with van der Waals surface area (Å²) in [5, 5.41) is 6.21. The molecule has 0 fully saturated rings. The first-order valence-corrected chi connectivity index (χ1v) is 3.15. The number of H-pyrrole nitrogens is 1. The van der Waals surface area contributed by atoms with Gasteiger partial charge in [-0.1, -0.05) is 0 Å². The second-order valence-corrected chi connectivity index (χ2v) is 3.20. The minimum atomic E-state index is -0.201. The highest BCUT2D eigenvalue weighted by molar-refractivity contribution is 4.76. The van der Waals surface area contributed by atoms with Crippen LogP contribution in [0.25, 0.3) is 0 Å². The summed E-state index contributed by atoms with van der Waals surface area (Å²) in [6, 6.07) is 0. The third kappa shape index (κ3) is 1.10. The number of rotatable bonds is 0. The van der Waals surface area contributed by atoms with Crippen molar-refractivity contribution in [3.05, 3.63) is 16.6 Å². The van der Waals surface area contributed by atoms with Crippen LogP contribution in [0.3, 0.4) is 0 Å². The molecule has 0 saturated heterocycles. The molecule has 0 aromatic carbocycles. The lowest BCUT2D eigenvalue weighted by Crippen LogP contribution is -2.32. The van der Waals surface area contributed by atoms with Gasteiger partial charge in [-0.25, -0.2) is 9.90 Å². The van der Waals surface area contributed by atoms with Gasteiger partial charge >= 0.3 is 0 Å². The minimum Gasteiger partial charge on any atom is -0.266 e. The second kappa shape index (κ2) is 1.97. The lowest BCUT2D eigenvalue weighted by molar-refractivity contribution is 0.337. The smallest absolute Gasteiger partial charge is 0.266 e. The van der Waals surface area contributed by atoms with Crippen LogP contribution >= 0.6 is 0 Å². The number of aromatic amines is 1. The van der Waals surface area contributed by atoms with Gasteiger partial charge in [0.2, 0.25) is 0 Å². The monoisotopic (exact) mass is 141 g/mol. The highest BCUT2D eigenvalue weighted by Gasteiger charge is 2.14. The lowest BCUT2D eigenvalue weighted by atomic mass is 10.1. The highest BCUT2D eigenvalue weighted by Crippen LogP contribution is 2.06. The predicted molar refractivity (Wildman–Crippen MR) is 37.8 cm³/mol. The summed E-state index contributed by atoms with van der Waals surface area (Å²) in [7, 11) is 0. The zero-order valence-electron chi connectivity index (χ0n) is 6.38. The number of nitrogens with one attached hydrogen (secondary N) is 1. The molecule has 1 aromatic rings. The van der Waals surface area contributed by atoms with Crippen molar-refractivity contribution in [1.82, 2.24) is 15.0 Å².